The van der Waals surface area contributed by atoms with Crippen LogP contribution in [0.1, 0.15) is 41.9 Å². The van der Waals surface area contributed by atoms with E-state index in [4.69, 9.17) is 4.98 Å². The minimum atomic E-state index is 0.456. The van der Waals surface area contributed by atoms with Gasteiger partial charge >= 0.3 is 0 Å². The lowest BCUT2D eigenvalue weighted by Crippen LogP contribution is -2.44. The van der Waals surface area contributed by atoms with Crippen LogP contribution in [0.3, 0.4) is 0 Å². The van der Waals surface area contributed by atoms with Gasteiger partial charge < -0.3 is 9.80 Å². The van der Waals surface area contributed by atoms with Gasteiger partial charge in [-0.25, -0.2) is 9.97 Å². The lowest BCUT2D eigenvalue weighted by molar-refractivity contribution is 0.307. The number of piperidine rings is 1. The van der Waals surface area contributed by atoms with Crippen molar-refractivity contribution < 1.29 is 0 Å². The van der Waals surface area contributed by atoms with Gasteiger partial charge in [0.15, 0.2) is 0 Å². The Bertz CT molecular complexity index is 752. The van der Waals surface area contributed by atoms with Crippen molar-refractivity contribution in [2.75, 3.05) is 25.0 Å². The van der Waals surface area contributed by atoms with Crippen molar-refractivity contribution in [1.29, 1.82) is 0 Å². The maximum Gasteiger partial charge on any atom is 0.137 e. The molecule has 6 nitrogen and oxygen atoms in total. The Balaban J connectivity index is 1.64. The van der Waals surface area contributed by atoms with E-state index in [0.29, 0.717) is 6.04 Å². The van der Waals surface area contributed by atoms with Crippen molar-refractivity contribution in [1.82, 2.24) is 24.6 Å². The van der Waals surface area contributed by atoms with Crippen LogP contribution in [0.25, 0.3) is 0 Å². The van der Waals surface area contributed by atoms with E-state index in [2.05, 4.69) is 51.5 Å². The van der Waals surface area contributed by atoms with Crippen molar-refractivity contribution in [3.05, 3.63) is 35.0 Å². The van der Waals surface area contributed by atoms with Gasteiger partial charge in [-0.15, -0.1) is 0 Å². The number of nitrogens with zero attached hydrogens (tertiary/aromatic N) is 6. The maximum atomic E-state index is 4.73. The van der Waals surface area contributed by atoms with Gasteiger partial charge in [0.1, 0.15) is 12.1 Å². The standard InChI is InChI=1S/C19H28N6/c1-14-10-15(2)25(22-14)11-16-6-4-5-8-24(16)19-17-12-23(3)9-7-18(17)20-13-21-19/h10,13,16H,4-9,11-12H2,1-3H3. The first kappa shape index (κ1) is 16.5. The Labute approximate surface area is 149 Å². The molecule has 0 saturated carbocycles. The van der Waals surface area contributed by atoms with Crippen LogP contribution < -0.4 is 4.90 Å². The van der Waals surface area contributed by atoms with Gasteiger partial charge in [0.25, 0.3) is 0 Å². The first-order valence-electron chi connectivity index (χ1n) is 9.41. The first-order chi connectivity index (χ1) is 12.1. The summed E-state index contributed by atoms with van der Waals surface area (Å²) in [6.07, 6.45) is 6.51. The normalized spacial score (nSPS) is 21.4. The molecule has 4 heterocycles. The highest BCUT2D eigenvalue weighted by Crippen LogP contribution is 2.30. The molecule has 2 aliphatic rings. The summed E-state index contributed by atoms with van der Waals surface area (Å²) >= 11 is 0. The Morgan fingerprint density at radius 1 is 1.16 bits per heavy atom. The van der Waals surface area contributed by atoms with Gasteiger partial charge in [-0.1, -0.05) is 0 Å². The van der Waals surface area contributed by atoms with Crippen molar-refractivity contribution in [2.24, 2.45) is 0 Å². The molecule has 0 N–H and O–H groups in total. The number of hydrogen-bond donors (Lipinski definition) is 0. The lowest BCUT2D eigenvalue weighted by atomic mass is 9.99. The minimum absolute atomic E-state index is 0.456. The topological polar surface area (TPSA) is 50.1 Å². The lowest BCUT2D eigenvalue weighted by Gasteiger charge is -2.39. The molecule has 1 fully saturated rings. The summed E-state index contributed by atoms with van der Waals surface area (Å²) < 4.78 is 2.16. The van der Waals surface area contributed by atoms with Crippen LogP contribution in [-0.4, -0.2) is 50.8 Å². The van der Waals surface area contributed by atoms with Crippen LogP contribution >= 0.6 is 0 Å². The Kier molecular flexibility index (Phi) is 4.46. The largest absolute Gasteiger partial charge is 0.351 e. The summed E-state index contributed by atoms with van der Waals surface area (Å²) in [4.78, 5) is 14.2. The third-order valence-electron chi connectivity index (χ3n) is 5.56. The summed E-state index contributed by atoms with van der Waals surface area (Å²) in [6, 6.07) is 2.62. The summed E-state index contributed by atoms with van der Waals surface area (Å²) in [6.45, 7) is 8.27. The molecule has 1 saturated heterocycles. The summed E-state index contributed by atoms with van der Waals surface area (Å²) in [5, 5.41) is 4.68. The van der Waals surface area contributed by atoms with E-state index in [0.717, 1.165) is 44.1 Å². The van der Waals surface area contributed by atoms with Crippen LogP contribution in [-0.2, 0) is 19.5 Å². The van der Waals surface area contributed by atoms with Crippen molar-refractivity contribution >= 4 is 5.82 Å². The molecule has 2 aromatic heterocycles. The average molecular weight is 340 g/mol. The molecular weight excluding hydrogens is 312 g/mol. The number of hydrogen-bond acceptors (Lipinski definition) is 5. The number of anilines is 1. The second-order valence-electron chi connectivity index (χ2n) is 7.56. The predicted molar refractivity (Wildman–Crippen MR) is 98.8 cm³/mol. The zero-order valence-corrected chi connectivity index (χ0v) is 15.6. The van der Waals surface area contributed by atoms with E-state index in [1.54, 1.807) is 6.33 Å². The van der Waals surface area contributed by atoms with Crippen LogP contribution in [0, 0.1) is 13.8 Å². The average Bonchev–Trinajstić information content (AvgIpc) is 2.92. The summed E-state index contributed by atoms with van der Waals surface area (Å²) in [5.74, 6) is 1.16. The number of likely N-dealkylation sites (N-methyl/N-ethyl adjacent to an activating group) is 1. The van der Waals surface area contributed by atoms with E-state index in [1.807, 2.05) is 0 Å². The molecule has 0 aromatic carbocycles. The molecule has 0 spiro atoms. The van der Waals surface area contributed by atoms with Crippen LogP contribution in [0.2, 0.25) is 0 Å². The van der Waals surface area contributed by atoms with E-state index in [-0.39, 0.29) is 0 Å². The van der Waals surface area contributed by atoms with E-state index < -0.39 is 0 Å². The molecule has 0 amide bonds. The first-order valence-corrected chi connectivity index (χ1v) is 9.41. The quantitative estimate of drug-likeness (QED) is 0.858. The zero-order valence-electron chi connectivity index (χ0n) is 15.6. The number of aryl methyl sites for hydroxylation is 2. The van der Waals surface area contributed by atoms with Crippen molar-refractivity contribution in [3.8, 4) is 0 Å². The van der Waals surface area contributed by atoms with E-state index >= 15 is 0 Å². The predicted octanol–water partition coefficient (Wildman–Crippen LogP) is 2.34. The molecule has 0 bridgehead atoms. The van der Waals surface area contributed by atoms with Crippen LogP contribution in [0.15, 0.2) is 12.4 Å². The second-order valence-corrected chi connectivity index (χ2v) is 7.56. The Hall–Kier alpha value is -1.95. The zero-order chi connectivity index (χ0) is 17.4. The van der Waals surface area contributed by atoms with Gasteiger partial charge in [0, 0.05) is 37.3 Å². The fourth-order valence-electron chi connectivity index (χ4n) is 4.24. The van der Waals surface area contributed by atoms with Gasteiger partial charge in [-0.3, -0.25) is 4.68 Å². The van der Waals surface area contributed by atoms with Gasteiger partial charge in [0.2, 0.25) is 0 Å². The third-order valence-corrected chi connectivity index (χ3v) is 5.56. The van der Waals surface area contributed by atoms with Crippen molar-refractivity contribution in [2.45, 2.75) is 58.7 Å². The fourth-order valence-corrected chi connectivity index (χ4v) is 4.24. The molecule has 1 unspecified atom stereocenters. The summed E-state index contributed by atoms with van der Waals surface area (Å²) in [7, 11) is 2.18. The molecule has 6 heteroatoms. The highest BCUT2D eigenvalue weighted by molar-refractivity contribution is 5.50. The highest BCUT2D eigenvalue weighted by atomic mass is 15.3. The fraction of sp³-hybridized carbons (Fsp3) is 0.632. The molecule has 0 aliphatic carbocycles. The third kappa shape index (κ3) is 3.27. The van der Waals surface area contributed by atoms with Gasteiger partial charge in [-0.2, -0.15) is 5.10 Å². The number of rotatable bonds is 3. The highest BCUT2D eigenvalue weighted by Gasteiger charge is 2.29. The Morgan fingerprint density at radius 3 is 2.84 bits per heavy atom. The summed E-state index contributed by atoms with van der Waals surface area (Å²) in [5.41, 5.74) is 4.91. The monoisotopic (exact) mass is 340 g/mol. The molecule has 1 atom stereocenters. The van der Waals surface area contributed by atoms with Crippen LogP contribution in [0.5, 0.6) is 0 Å². The Morgan fingerprint density at radius 2 is 2.04 bits per heavy atom. The van der Waals surface area contributed by atoms with E-state index in [9.17, 15) is 0 Å². The van der Waals surface area contributed by atoms with Crippen molar-refractivity contribution in [3.63, 3.8) is 0 Å². The molecule has 25 heavy (non-hydrogen) atoms. The molecule has 4 rings (SSSR count). The smallest absolute Gasteiger partial charge is 0.137 e. The molecule has 2 aliphatic heterocycles. The van der Waals surface area contributed by atoms with Gasteiger partial charge in [0.05, 0.1) is 24.0 Å². The number of fused-ring (bicyclic) bond motifs is 1. The second kappa shape index (κ2) is 6.75. The maximum absolute atomic E-state index is 4.73. The molecular formula is C19H28N6. The van der Waals surface area contributed by atoms with Gasteiger partial charge in [-0.05, 0) is 46.2 Å². The molecule has 134 valence electrons. The molecule has 0 radical (unpaired) electrons. The molecule has 2 aromatic rings. The number of aromatic nitrogens is 4. The SMILES string of the molecule is Cc1cc(C)n(CC2CCCCN2c2ncnc3c2CN(C)CC3)n1. The van der Waals surface area contributed by atoms with Crippen LogP contribution in [0.4, 0.5) is 5.82 Å². The van der Waals surface area contributed by atoms with E-state index in [1.165, 1.54) is 36.2 Å². The minimum Gasteiger partial charge on any atom is -0.351 e.